The van der Waals surface area contributed by atoms with Crippen LogP contribution in [-0.4, -0.2) is 22.1 Å². The molecule has 4 nitrogen and oxygen atoms in total. The average molecular weight is 300 g/mol. The highest BCUT2D eigenvalue weighted by Gasteiger charge is 2.38. The van der Waals surface area contributed by atoms with Crippen molar-refractivity contribution in [3.63, 3.8) is 0 Å². The molecule has 0 N–H and O–H groups in total. The van der Waals surface area contributed by atoms with Gasteiger partial charge in [-0.1, -0.05) is 25.5 Å². The number of esters is 1. The molecular formula is C14H15F3N2O2. The Hall–Kier alpha value is -2.05. The molecule has 1 aromatic carbocycles. The van der Waals surface area contributed by atoms with Gasteiger partial charge in [0, 0.05) is 0 Å². The summed E-state index contributed by atoms with van der Waals surface area (Å²) in [6.07, 6.45) is -3.10. The number of hydrogen-bond donors (Lipinski definition) is 0. The Morgan fingerprint density at radius 2 is 2.05 bits per heavy atom. The van der Waals surface area contributed by atoms with Crippen molar-refractivity contribution in [3.8, 4) is 0 Å². The van der Waals surface area contributed by atoms with Crippen LogP contribution >= 0.6 is 0 Å². The minimum Gasteiger partial charge on any atom is -0.464 e. The summed E-state index contributed by atoms with van der Waals surface area (Å²) in [7, 11) is 0. The standard InChI is InChI=1S/C14H15F3N2O2/c1-2-3-8-21-12(20)9-19-11-7-5-4-6-10(11)18-13(19)14(15,16)17/h4-7H,2-3,8-9H2,1H3. The Kier molecular flexibility index (Phi) is 4.50. The van der Waals surface area contributed by atoms with Crippen LogP contribution in [0.25, 0.3) is 11.0 Å². The Labute approximate surface area is 119 Å². The lowest BCUT2D eigenvalue weighted by atomic mass is 10.3. The van der Waals surface area contributed by atoms with E-state index >= 15 is 0 Å². The molecule has 0 bridgehead atoms. The Morgan fingerprint density at radius 1 is 1.33 bits per heavy atom. The number of carbonyl (C=O) groups excluding carboxylic acids is 1. The first-order valence-corrected chi connectivity index (χ1v) is 6.61. The third-order valence-corrected chi connectivity index (χ3v) is 2.96. The van der Waals surface area contributed by atoms with Gasteiger partial charge in [-0.2, -0.15) is 13.2 Å². The molecule has 0 aliphatic heterocycles. The van der Waals surface area contributed by atoms with Gasteiger partial charge in [-0.15, -0.1) is 0 Å². The van der Waals surface area contributed by atoms with Crippen molar-refractivity contribution in [3.05, 3.63) is 30.1 Å². The van der Waals surface area contributed by atoms with Gasteiger partial charge in [0.1, 0.15) is 6.54 Å². The van der Waals surface area contributed by atoms with Gasteiger partial charge in [0.2, 0.25) is 5.82 Å². The van der Waals surface area contributed by atoms with Crippen LogP contribution in [-0.2, 0) is 22.3 Å². The van der Waals surface area contributed by atoms with Crippen LogP contribution in [0.5, 0.6) is 0 Å². The van der Waals surface area contributed by atoms with Crippen molar-refractivity contribution < 1.29 is 22.7 Å². The molecule has 0 radical (unpaired) electrons. The molecule has 0 aliphatic rings. The Morgan fingerprint density at radius 3 is 2.71 bits per heavy atom. The second kappa shape index (κ2) is 6.15. The number of aromatic nitrogens is 2. The Bertz CT molecular complexity index is 635. The van der Waals surface area contributed by atoms with E-state index in [1.165, 1.54) is 12.1 Å². The number of rotatable bonds is 5. The van der Waals surface area contributed by atoms with Crippen LogP contribution in [0.15, 0.2) is 24.3 Å². The molecule has 0 amide bonds. The SMILES string of the molecule is CCCCOC(=O)Cn1c(C(F)(F)F)nc2ccccc21. The molecule has 21 heavy (non-hydrogen) atoms. The molecule has 0 aliphatic carbocycles. The first-order chi connectivity index (χ1) is 9.93. The fourth-order valence-corrected chi connectivity index (χ4v) is 1.96. The van der Waals surface area contributed by atoms with Gasteiger partial charge < -0.3 is 9.30 Å². The van der Waals surface area contributed by atoms with E-state index < -0.39 is 24.5 Å². The molecule has 0 unspecified atom stereocenters. The number of para-hydroxylation sites is 2. The molecule has 0 fully saturated rings. The first-order valence-electron chi connectivity index (χ1n) is 6.61. The van der Waals surface area contributed by atoms with Gasteiger partial charge >= 0.3 is 12.1 Å². The topological polar surface area (TPSA) is 44.1 Å². The van der Waals surface area contributed by atoms with Crippen LogP contribution in [0.4, 0.5) is 13.2 Å². The molecule has 0 spiro atoms. The van der Waals surface area contributed by atoms with Crippen LogP contribution in [0, 0.1) is 0 Å². The third kappa shape index (κ3) is 3.53. The number of carbonyl (C=O) groups is 1. The molecule has 7 heteroatoms. The van der Waals surface area contributed by atoms with Crippen molar-refractivity contribution in [2.45, 2.75) is 32.5 Å². The highest BCUT2D eigenvalue weighted by Crippen LogP contribution is 2.31. The monoisotopic (exact) mass is 300 g/mol. The van der Waals surface area contributed by atoms with Gasteiger partial charge in [-0.3, -0.25) is 4.79 Å². The molecule has 1 aromatic heterocycles. The number of hydrogen-bond acceptors (Lipinski definition) is 3. The summed E-state index contributed by atoms with van der Waals surface area (Å²) in [6.45, 7) is 1.64. The minimum atomic E-state index is -4.62. The lowest BCUT2D eigenvalue weighted by molar-refractivity contribution is -0.150. The van der Waals surface area contributed by atoms with Crippen molar-refractivity contribution in [1.82, 2.24) is 9.55 Å². The highest BCUT2D eigenvalue weighted by molar-refractivity contribution is 5.79. The van der Waals surface area contributed by atoms with E-state index in [0.29, 0.717) is 6.42 Å². The summed E-state index contributed by atoms with van der Waals surface area (Å²) in [5, 5.41) is 0. The van der Waals surface area contributed by atoms with E-state index in [1.54, 1.807) is 12.1 Å². The maximum absolute atomic E-state index is 13.0. The van der Waals surface area contributed by atoms with Gasteiger partial charge in [0.15, 0.2) is 0 Å². The maximum atomic E-state index is 13.0. The van der Waals surface area contributed by atoms with Gasteiger partial charge in [0.05, 0.1) is 17.6 Å². The van der Waals surface area contributed by atoms with Gasteiger partial charge in [0.25, 0.3) is 0 Å². The first kappa shape index (κ1) is 15.3. The van der Waals surface area contributed by atoms with E-state index in [1.807, 2.05) is 6.92 Å². The van der Waals surface area contributed by atoms with Crippen molar-refractivity contribution >= 4 is 17.0 Å². The lowest BCUT2D eigenvalue weighted by Crippen LogP contribution is -2.20. The summed E-state index contributed by atoms with van der Waals surface area (Å²) in [4.78, 5) is 15.2. The molecule has 0 saturated carbocycles. The highest BCUT2D eigenvalue weighted by atomic mass is 19.4. The summed E-state index contributed by atoms with van der Waals surface area (Å²) in [5.41, 5.74) is 0.462. The predicted octanol–water partition coefficient (Wildman–Crippen LogP) is 3.40. The molecule has 1 heterocycles. The lowest BCUT2D eigenvalue weighted by Gasteiger charge is -2.11. The van der Waals surface area contributed by atoms with Crippen LogP contribution in [0.1, 0.15) is 25.6 Å². The smallest absolute Gasteiger partial charge is 0.449 e. The van der Waals surface area contributed by atoms with E-state index in [0.717, 1.165) is 11.0 Å². The predicted molar refractivity (Wildman–Crippen MR) is 70.6 cm³/mol. The van der Waals surface area contributed by atoms with Crippen LogP contribution in [0.2, 0.25) is 0 Å². The fraction of sp³-hybridized carbons (Fsp3) is 0.429. The van der Waals surface area contributed by atoms with Crippen LogP contribution < -0.4 is 0 Å². The molecule has 2 rings (SSSR count). The number of nitrogens with zero attached hydrogens (tertiary/aromatic N) is 2. The van der Waals surface area contributed by atoms with Crippen molar-refractivity contribution in [1.29, 1.82) is 0 Å². The number of ether oxygens (including phenoxy) is 1. The molecule has 2 aromatic rings. The van der Waals surface area contributed by atoms with Gasteiger partial charge in [-0.25, -0.2) is 4.98 Å². The normalized spacial score (nSPS) is 11.8. The summed E-state index contributed by atoms with van der Waals surface area (Å²) < 4.78 is 44.8. The second-order valence-corrected chi connectivity index (χ2v) is 4.58. The number of benzene rings is 1. The molecule has 114 valence electrons. The number of alkyl halides is 3. The second-order valence-electron chi connectivity index (χ2n) is 4.58. The zero-order valence-corrected chi connectivity index (χ0v) is 11.5. The largest absolute Gasteiger partial charge is 0.464 e. The van der Waals surface area contributed by atoms with E-state index in [-0.39, 0.29) is 17.6 Å². The zero-order valence-electron chi connectivity index (χ0n) is 11.5. The van der Waals surface area contributed by atoms with Crippen LogP contribution in [0.3, 0.4) is 0 Å². The number of unbranched alkanes of at least 4 members (excludes halogenated alkanes) is 1. The average Bonchev–Trinajstić information content (AvgIpc) is 2.78. The quantitative estimate of drug-likeness (QED) is 0.628. The number of imidazole rings is 1. The third-order valence-electron chi connectivity index (χ3n) is 2.96. The number of halogens is 3. The fourth-order valence-electron chi connectivity index (χ4n) is 1.96. The van der Waals surface area contributed by atoms with Crippen molar-refractivity contribution in [2.75, 3.05) is 6.61 Å². The maximum Gasteiger partial charge on any atom is 0.449 e. The minimum absolute atomic E-state index is 0.200. The van der Waals surface area contributed by atoms with E-state index in [2.05, 4.69) is 4.98 Å². The zero-order chi connectivity index (χ0) is 15.5. The molecule has 0 atom stereocenters. The summed E-state index contributed by atoms with van der Waals surface area (Å²) >= 11 is 0. The summed E-state index contributed by atoms with van der Waals surface area (Å²) in [6, 6.07) is 6.17. The van der Waals surface area contributed by atoms with E-state index in [9.17, 15) is 18.0 Å². The van der Waals surface area contributed by atoms with Crippen molar-refractivity contribution in [2.24, 2.45) is 0 Å². The van der Waals surface area contributed by atoms with E-state index in [4.69, 9.17) is 4.74 Å². The van der Waals surface area contributed by atoms with Gasteiger partial charge in [-0.05, 0) is 18.6 Å². The summed E-state index contributed by atoms with van der Waals surface area (Å²) in [5.74, 6) is -1.78. The number of fused-ring (bicyclic) bond motifs is 1. The Balaban J connectivity index is 2.30. The molecular weight excluding hydrogens is 285 g/mol. The molecule has 0 saturated heterocycles.